The Morgan fingerprint density at radius 1 is 1.10 bits per heavy atom. The number of nitrogens with zero attached hydrogens (tertiary/aromatic N) is 1. The first kappa shape index (κ1) is 31.3. The lowest BCUT2D eigenvalue weighted by molar-refractivity contribution is -0.141. The van der Waals surface area contributed by atoms with Crippen molar-refractivity contribution < 1.29 is 28.7 Å². The van der Waals surface area contributed by atoms with Crippen LogP contribution in [0, 0.1) is 5.92 Å². The van der Waals surface area contributed by atoms with Crippen LogP contribution < -0.4 is 16.0 Å². The van der Waals surface area contributed by atoms with E-state index >= 15 is 0 Å². The van der Waals surface area contributed by atoms with Crippen molar-refractivity contribution in [1.29, 1.82) is 0 Å². The maximum absolute atomic E-state index is 13.7. The molecule has 4 amide bonds. The molecule has 3 N–H and O–H groups in total. The molecule has 0 spiro atoms. The van der Waals surface area contributed by atoms with Gasteiger partial charge >= 0.3 is 6.09 Å². The van der Waals surface area contributed by atoms with E-state index in [2.05, 4.69) is 22.0 Å². The smallest absolute Gasteiger partial charge is 0.408 e. The molecule has 1 unspecified atom stereocenters. The van der Waals surface area contributed by atoms with E-state index in [-0.39, 0.29) is 36.0 Å². The first-order valence-electron chi connectivity index (χ1n) is 15.1. The van der Waals surface area contributed by atoms with Crippen molar-refractivity contribution >= 4 is 29.6 Å². The van der Waals surface area contributed by atoms with E-state index in [1.54, 1.807) is 43.9 Å². The SMILES string of the molecule is CC(=O)c1cccc(CNC(=O)[C@@]23C[C@H]2/C=C\CCCCC[C@H](NC(=O)OC(C)(C)C)C(=O)N2CCCC2C(=O)N3)c1. The lowest BCUT2D eigenvalue weighted by atomic mass is 10.0. The number of nitrogens with one attached hydrogen (secondary N) is 3. The fourth-order valence-electron chi connectivity index (χ4n) is 5.78. The number of fused-ring (bicyclic) bond motifs is 2. The summed E-state index contributed by atoms with van der Waals surface area (Å²) in [7, 11) is 0. The van der Waals surface area contributed by atoms with Gasteiger partial charge in [-0.25, -0.2) is 4.79 Å². The van der Waals surface area contributed by atoms with Crippen LogP contribution >= 0.6 is 0 Å². The van der Waals surface area contributed by atoms with Gasteiger partial charge in [0, 0.05) is 24.6 Å². The number of benzene rings is 1. The molecule has 4 rings (SSSR count). The Morgan fingerprint density at radius 2 is 1.88 bits per heavy atom. The molecule has 0 aromatic heterocycles. The van der Waals surface area contributed by atoms with E-state index in [9.17, 15) is 24.0 Å². The van der Waals surface area contributed by atoms with Crippen molar-refractivity contribution in [2.24, 2.45) is 5.92 Å². The van der Waals surface area contributed by atoms with Crippen molar-refractivity contribution in [1.82, 2.24) is 20.9 Å². The fourth-order valence-corrected chi connectivity index (χ4v) is 5.78. The van der Waals surface area contributed by atoms with Crippen molar-refractivity contribution in [3.63, 3.8) is 0 Å². The van der Waals surface area contributed by atoms with Gasteiger partial charge in [0.2, 0.25) is 17.7 Å². The number of ether oxygens (including phenoxy) is 1. The van der Waals surface area contributed by atoms with Crippen molar-refractivity contribution in [2.75, 3.05) is 6.54 Å². The van der Waals surface area contributed by atoms with Crippen LogP contribution in [0.5, 0.6) is 0 Å². The van der Waals surface area contributed by atoms with Gasteiger partial charge in [0.1, 0.15) is 23.2 Å². The number of carbonyl (C=O) groups is 5. The zero-order valence-corrected chi connectivity index (χ0v) is 25.2. The summed E-state index contributed by atoms with van der Waals surface area (Å²) >= 11 is 0. The highest BCUT2D eigenvalue weighted by molar-refractivity contribution is 5.98. The number of allylic oxidation sites excluding steroid dienone is 1. The quantitative estimate of drug-likeness (QED) is 0.359. The van der Waals surface area contributed by atoms with Crippen LogP contribution in [-0.4, -0.2) is 64.3 Å². The van der Waals surface area contributed by atoms with Crippen molar-refractivity contribution in [2.45, 2.75) is 109 Å². The molecule has 2 fully saturated rings. The van der Waals surface area contributed by atoms with Crippen LogP contribution in [0.2, 0.25) is 0 Å². The fraction of sp³-hybridized carbons (Fsp3) is 0.594. The van der Waals surface area contributed by atoms with Gasteiger partial charge in [-0.2, -0.15) is 0 Å². The lowest BCUT2D eigenvalue weighted by Crippen LogP contribution is -2.57. The molecule has 1 aliphatic carbocycles. The summed E-state index contributed by atoms with van der Waals surface area (Å²) in [4.78, 5) is 66.9. The molecule has 3 aliphatic rings. The Hall–Kier alpha value is -3.69. The number of amides is 4. The van der Waals surface area contributed by atoms with Gasteiger partial charge in [-0.3, -0.25) is 19.2 Å². The average molecular weight is 581 g/mol. The summed E-state index contributed by atoms with van der Waals surface area (Å²) in [5, 5.41) is 8.72. The van der Waals surface area contributed by atoms with Crippen LogP contribution in [0.25, 0.3) is 0 Å². The summed E-state index contributed by atoms with van der Waals surface area (Å²) in [5.74, 6) is -1.16. The number of rotatable bonds is 5. The normalized spacial score (nSPS) is 27.3. The van der Waals surface area contributed by atoms with Crippen LogP contribution in [0.4, 0.5) is 4.79 Å². The second-order valence-corrected chi connectivity index (χ2v) is 12.7. The maximum Gasteiger partial charge on any atom is 0.408 e. The largest absolute Gasteiger partial charge is 0.444 e. The van der Waals surface area contributed by atoms with Crippen molar-refractivity contribution in [3.8, 4) is 0 Å². The van der Waals surface area contributed by atoms with Crippen LogP contribution in [0.15, 0.2) is 36.4 Å². The van der Waals surface area contributed by atoms with Gasteiger partial charge in [0.05, 0.1) is 0 Å². The van der Waals surface area contributed by atoms with Gasteiger partial charge in [0.25, 0.3) is 0 Å². The van der Waals surface area contributed by atoms with Crippen LogP contribution in [0.1, 0.15) is 95.0 Å². The summed E-state index contributed by atoms with van der Waals surface area (Å²) < 4.78 is 5.41. The Balaban J connectivity index is 1.51. The molecule has 1 saturated heterocycles. The Morgan fingerprint density at radius 3 is 2.62 bits per heavy atom. The lowest BCUT2D eigenvalue weighted by Gasteiger charge is -2.30. The zero-order valence-electron chi connectivity index (χ0n) is 25.2. The molecule has 0 radical (unpaired) electrons. The number of hydrogen-bond acceptors (Lipinski definition) is 6. The monoisotopic (exact) mass is 580 g/mol. The number of ketones is 1. The number of hydrogen-bond donors (Lipinski definition) is 3. The Kier molecular flexibility index (Phi) is 9.74. The first-order valence-corrected chi connectivity index (χ1v) is 15.1. The second kappa shape index (κ2) is 13.1. The highest BCUT2D eigenvalue weighted by Crippen LogP contribution is 2.45. The molecule has 2 heterocycles. The number of carbonyl (C=O) groups excluding carboxylic acids is 5. The highest BCUT2D eigenvalue weighted by atomic mass is 16.6. The summed E-state index contributed by atoms with van der Waals surface area (Å²) in [6.45, 7) is 7.41. The van der Waals surface area contributed by atoms with E-state index in [0.29, 0.717) is 37.8 Å². The van der Waals surface area contributed by atoms with E-state index in [0.717, 1.165) is 31.2 Å². The molecular weight excluding hydrogens is 536 g/mol. The van der Waals surface area contributed by atoms with E-state index in [1.807, 2.05) is 12.1 Å². The number of Topliss-reactive ketones (excluding diaryl/α,β-unsaturated/α-hetero) is 1. The summed E-state index contributed by atoms with van der Waals surface area (Å²) in [6, 6.07) is 5.58. The first-order chi connectivity index (χ1) is 19.9. The molecule has 1 aromatic rings. The molecule has 1 aromatic carbocycles. The van der Waals surface area contributed by atoms with Gasteiger partial charge in [-0.05, 0) is 77.8 Å². The number of alkyl carbamates (subject to hydrolysis) is 1. The molecule has 10 nitrogen and oxygen atoms in total. The van der Waals surface area contributed by atoms with Crippen LogP contribution in [0.3, 0.4) is 0 Å². The summed E-state index contributed by atoms with van der Waals surface area (Å²) in [6.07, 6.45) is 8.80. The maximum atomic E-state index is 13.7. The molecule has 0 bridgehead atoms. The Labute approximate surface area is 248 Å². The third kappa shape index (κ3) is 7.77. The van der Waals surface area contributed by atoms with Gasteiger partial charge in [-0.15, -0.1) is 0 Å². The Bertz CT molecular complexity index is 1240. The van der Waals surface area contributed by atoms with Gasteiger partial charge in [0.15, 0.2) is 5.78 Å². The van der Waals surface area contributed by atoms with Gasteiger partial charge in [-0.1, -0.05) is 43.2 Å². The average Bonchev–Trinajstić information content (AvgIpc) is 3.38. The topological polar surface area (TPSA) is 134 Å². The molecule has 228 valence electrons. The van der Waals surface area contributed by atoms with E-state index in [1.165, 1.54) is 6.92 Å². The third-order valence-electron chi connectivity index (χ3n) is 8.11. The predicted octanol–water partition coefficient (Wildman–Crippen LogP) is 3.78. The third-order valence-corrected chi connectivity index (χ3v) is 8.11. The van der Waals surface area contributed by atoms with Crippen LogP contribution in [-0.2, 0) is 25.7 Å². The molecular formula is C32H44N4O6. The van der Waals surface area contributed by atoms with E-state index < -0.39 is 29.3 Å². The standard InChI is InChI=1S/C32H44N4O6/c1-21(37)23-13-10-12-22(18-23)20-33-29(40)32-19-24(32)14-8-6-5-7-9-15-25(34-30(41)42-31(2,3)4)28(39)36-17-11-16-26(36)27(38)35-32/h8,10,12-14,18,24-26H,5-7,9,11,15-17,19-20H2,1-4H3,(H,33,40)(H,34,41)(H,35,38)/b14-8-/t24-,25+,26?,32-/m1/s1. The van der Waals surface area contributed by atoms with Crippen molar-refractivity contribution in [3.05, 3.63) is 47.5 Å². The minimum absolute atomic E-state index is 0.0533. The van der Waals surface area contributed by atoms with Gasteiger partial charge < -0.3 is 25.6 Å². The predicted molar refractivity (Wildman–Crippen MR) is 157 cm³/mol. The summed E-state index contributed by atoms with van der Waals surface area (Å²) in [5.41, 5.74) is -0.446. The molecule has 1 saturated carbocycles. The molecule has 4 atom stereocenters. The van der Waals surface area contributed by atoms with E-state index in [4.69, 9.17) is 4.74 Å². The molecule has 2 aliphatic heterocycles. The highest BCUT2D eigenvalue weighted by Gasteiger charge is 2.60. The zero-order chi connectivity index (χ0) is 30.5. The second-order valence-electron chi connectivity index (χ2n) is 12.7. The minimum Gasteiger partial charge on any atom is -0.444 e. The minimum atomic E-state index is -1.10. The molecule has 42 heavy (non-hydrogen) atoms. The molecule has 10 heteroatoms.